The van der Waals surface area contributed by atoms with Crippen molar-refractivity contribution in [2.24, 2.45) is 0 Å². The molecule has 1 atom stereocenters. The van der Waals surface area contributed by atoms with Gasteiger partial charge in [-0.15, -0.1) is 11.3 Å². The number of rotatable bonds is 3. The van der Waals surface area contributed by atoms with Gasteiger partial charge in [0, 0.05) is 24.7 Å². The lowest BCUT2D eigenvalue weighted by atomic mass is 10.2. The molecule has 164 valence electrons. The first kappa shape index (κ1) is 21.0. The third kappa shape index (κ3) is 4.31. The van der Waals surface area contributed by atoms with Crippen LogP contribution in [-0.4, -0.2) is 50.5 Å². The Morgan fingerprint density at radius 3 is 2.87 bits per heavy atom. The number of hydrogen-bond donors (Lipinski definition) is 2. The molecule has 4 rings (SSSR count). The molecular weight excluding hydrogens is 425 g/mol. The standard InChI is InChI=1S/C20H22FN5O4S/c1-20(2,3)30-19(29)23-11-4-6-25(9-11)17-13(21)8-12-15(28)14(27)10-26(16(12)24-17)18-22-5-7-31-18/h5,7-8,10-11,27H,4,6,9H2,1-3H3,(H,23,29). The number of pyridine rings is 2. The Morgan fingerprint density at radius 1 is 1.42 bits per heavy atom. The van der Waals surface area contributed by atoms with Crippen molar-refractivity contribution in [3.05, 3.63) is 39.9 Å². The lowest BCUT2D eigenvalue weighted by Gasteiger charge is -2.22. The molecule has 1 fully saturated rings. The van der Waals surface area contributed by atoms with Crippen molar-refractivity contribution in [2.75, 3.05) is 18.0 Å². The molecule has 1 aliphatic rings. The number of halogens is 1. The third-order valence-corrected chi connectivity index (χ3v) is 5.50. The number of thiazole rings is 1. The Kier molecular flexibility index (Phi) is 5.29. The minimum Gasteiger partial charge on any atom is -0.503 e. The van der Waals surface area contributed by atoms with Gasteiger partial charge in [-0.3, -0.25) is 9.36 Å². The van der Waals surface area contributed by atoms with Crippen LogP contribution in [0.15, 0.2) is 28.6 Å². The maximum Gasteiger partial charge on any atom is 0.407 e. The van der Waals surface area contributed by atoms with Crippen molar-refractivity contribution in [1.82, 2.24) is 19.9 Å². The Balaban J connectivity index is 1.65. The van der Waals surface area contributed by atoms with Crippen LogP contribution in [0.3, 0.4) is 0 Å². The van der Waals surface area contributed by atoms with E-state index in [1.165, 1.54) is 22.1 Å². The minimum atomic E-state index is -0.702. The third-order valence-electron chi connectivity index (χ3n) is 4.73. The normalized spacial score (nSPS) is 16.6. The zero-order valence-electron chi connectivity index (χ0n) is 17.3. The van der Waals surface area contributed by atoms with E-state index in [1.54, 1.807) is 37.2 Å². The molecule has 31 heavy (non-hydrogen) atoms. The molecule has 0 spiro atoms. The molecule has 9 nitrogen and oxygen atoms in total. The summed E-state index contributed by atoms with van der Waals surface area (Å²) in [5.41, 5.74) is -1.12. The van der Waals surface area contributed by atoms with E-state index < -0.39 is 28.7 Å². The summed E-state index contributed by atoms with van der Waals surface area (Å²) >= 11 is 1.29. The lowest BCUT2D eigenvalue weighted by molar-refractivity contribution is 0.0509. The zero-order valence-corrected chi connectivity index (χ0v) is 18.1. The highest BCUT2D eigenvalue weighted by molar-refractivity contribution is 7.12. The predicted octanol–water partition coefficient (Wildman–Crippen LogP) is 2.79. The van der Waals surface area contributed by atoms with Crippen LogP contribution in [0.25, 0.3) is 16.2 Å². The molecule has 0 radical (unpaired) electrons. The van der Waals surface area contributed by atoms with E-state index >= 15 is 0 Å². The summed E-state index contributed by atoms with van der Waals surface area (Å²) in [6.45, 7) is 6.15. The molecule has 3 aromatic heterocycles. The van der Waals surface area contributed by atoms with Gasteiger partial charge >= 0.3 is 6.09 Å². The number of alkyl carbamates (subject to hydrolysis) is 1. The Morgan fingerprint density at radius 2 is 2.19 bits per heavy atom. The van der Waals surface area contributed by atoms with Crippen LogP contribution < -0.4 is 15.6 Å². The fourth-order valence-corrected chi connectivity index (χ4v) is 4.07. The second-order valence-electron chi connectivity index (χ2n) is 8.27. The number of nitrogens with zero attached hydrogens (tertiary/aromatic N) is 4. The molecule has 1 aliphatic heterocycles. The van der Waals surface area contributed by atoms with Crippen molar-refractivity contribution in [3.63, 3.8) is 0 Å². The van der Waals surface area contributed by atoms with Gasteiger partial charge in [-0.1, -0.05) is 0 Å². The van der Waals surface area contributed by atoms with Crippen LogP contribution >= 0.6 is 11.3 Å². The summed E-state index contributed by atoms with van der Waals surface area (Å²) < 4.78 is 21.7. The van der Waals surface area contributed by atoms with Crippen molar-refractivity contribution >= 4 is 34.3 Å². The Labute approximate surface area is 181 Å². The van der Waals surface area contributed by atoms with Crippen LogP contribution in [0.5, 0.6) is 5.75 Å². The molecule has 2 N–H and O–H groups in total. The summed E-state index contributed by atoms with van der Waals surface area (Å²) in [7, 11) is 0. The molecule has 0 aromatic carbocycles. The van der Waals surface area contributed by atoms with Crippen LogP contribution in [0, 0.1) is 5.82 Å². The maximum absolute atomic E-state index is 14.9. The monoisotopic (exact) mass is 447 g/mol. The largest absolute Gasteiger partial charge is 0.503 e. The molecule has 4 heterocycles. The van der Waals surface area contributed by atoms with Gasteiger partial charge in [0.2, 0.25) is 5.43 Å². The smallest absolute Gasteiger partial charge is 0.407 e. The number of aromatic hydroxyl groups is 1. The van der Waals surface area contributed by atoms with Crippen molar-refractivity contribution in [2.45, 2.75) is 38.8 Å². The molecular formula is C20H22FN5O4S. The predicted molar refractivity (Wildman–Crippen MR) is 115 cm³/mol. The number of amides is 1. The quantitative estimate of drug-likeness (QED) is 0.635. The second kappa shape index (κ2) is 7.80. The molecule has 0 saturated carbocycles. The number of fused-ring (bicyclic) bond motifs is 1. The molecule has 1 amide bonds. The summed E-state index contributed by atoms with van der Waals surface area (Å²) in [6.07, 6.45) is 2.88. The topological polar surface area (TPSA) is 110 Å². The Hall–Kier alpha value is -3.21. The van der Waals surface area contributed by atoms with Gasteiger partial charge in [0.05, 0.1) is 17.6 Å². The van der Waals surface area contributed by atoms with Crippen molar-refractivity contribution in [1.29, 1.82) is 0 Å². The van der Waals surface area contributed by atoms with Crippen LogP contribution in [0.1, 0.15) is 27.2 Å². The van der Waals surface area contributed by atoms with E-state index in [2.05, 4.69) is 15.3 Å². The molecule has 0 bridgehead atoms. The van der Waals surface area contributed by atoms with Crippen molar-refractivity contribution in [3.8, 4) is 10.9 Å². The van der Waals surface area contributed by atoms with E-state index in [1.807, 2.05) is 0 Å². The average molecular weight is 447 g/mol. The number of aromatic nitrogens is 3. The van der Waals surface area contributed by atoms with E-state index in [0.29, 0.717) is 24.6 Å². The van der Waals surface area contributed by atoms with Gasteiger partial charge in [-0.25, -0.2) is 19.2 Å². The maximum atomic E-state index is 14.9. The Bertz CT molecular complexity index is 1190. The van der Waals surface area contributed by atoms with E-state index in [9.17, 15) is 19.1 Å². The first-order valence-corrected chi connectivity index (χ1v) is 10.6. The second-order valence-corrected chi connectivity index (χ2v) is 9.14. The van der Waals surface area contributed by atoms with Crippen LogP contribution in [0.2, 0.25) is 0 Å². The minimum absolute atomic E-state index is 0.0425. The highest BCUT2D eigenvalue weighted by Gasteiger charge is 2.29. The molecule has 11 heteroatoms. The van der Waals surface area contributed by atoms with Gasteiger partial charge in [-0.2, -0.15) is 0 Å². The van der Waals surface area contributed by atoms with Gasteiger partial charge in [0.15, 0.2) is 28.2 Å². The fraction of sp³-hybridized carbons (Fsp3) is 0.400. The zero-order chi connectivity index (χ0) is 22.3. The first-order valence-electron chi connectivity index (χ1n) is 9.71. The number of carbonyl (C=O) groups excluding carboxylic acids is 1. The van der Waals surface area contributed by atoms with Gasteiger partial charge < -0.3 is 20.1 Å². The number of nitrogens with one attached hydrogen (secondary N) is 1. The molecule has 3 aromatic rings. The number of ether oxygens (including phenoxy) is 1. The average Bonchev–Trinajstić information content (AvgIpc) is 3.35. The van der Waals surface area contributed by atoms with E-state index in [-0.39, 0.29) is 22.9 Å². The highest BCUT2D eigenvalue weighted by Crippen LogP contribution is 2.27. The van der Waals surface area contributed by atoms with Crippen LogP contribution in [-0.2, 0) is 4.74 Å². The number of carbonyl (C=O) groups is 1. The van der Waals surface area contributed by atoms with E-state index in [4.69, 9.17) is 4.74 Å². The summed E-state index contributed by atoms with van der Waals surface area (Å²) in [4.78, 5) is 34.7. The summed E-state index contributed by atoms with van der Waals surface area (Å²) in [5, 5.41) is 15.0. The summed E-state index contributed by atoms with van der Waals surface area (Å²) in [5.74, 6) is -1.13. The highest BCUT2D eigenvalue weighted by atomic mass is 32.1. The SMILES string of the molecule is CC(C)(C)OC(=O)NC1CCN(c2nc3c(cc2F)c(=O)c(O)cn3-c2nccs2)C1. The molecule has 1 unspecified atom stereocenters. The molecule has 0 aliphatic carbocycles. The summed E-state index contributed by atoms with van der Waals surface area (Å²) in [6, 6.07) is 0.853. The lowest BCUT2D eigenvalue weighted by Crippen LogP contribution is -2.40. The van der Waals surface area contributed by atoms with Gasteiger partial charge in [0.25, 0.3) is 0 Å². The van der Waals surface area contributed by atoms with Gasteiger partial charge in [0.1, 0.15) is 5.60 Å². The first-order chi connectivity index (χ1) is 14.6. The van der Waals surface area contributed by atoms with E-state index in [0.717, 1.165) is 6.07 Å². The molecule has 1 saturated heterocycles. The number of hydrogen-bond acceptors (Lipinski definition) is 8. The van der Waals surface area contributed by atoms with Crippen molar-refractivity contribution < 1.29 is 19.0 Å². The van der Waals surface area contributed by atoms with Crippen LogP contribution in [0.4, 0.5) is 15.0 Å². The fourth-order valence-electron chi connectivity index (χ4n) is 3.45. The van der Waals surface area contributed by atoms with Gasteiger partial charge in [-0.05, 0) is 33.3 Å². The number of anilines is 1.